The highest BCUT2D eigenvalue weighted by atomic mass is 19.1. The second-order valence-corrected chi connectivity index (χ2v) is 10.0. The number of ketones is 1. The van der Waals surface area contributed by atoms with Gasteiger partial charge >= 0.3 is 0 Å². The number of aliphatic hydroxyl groups excluding tert-OH is 1. The van der Waals surface area contributed by atoms with Gasteiger partial charge in [-0.2, -0.15) is 14.9 Å². The molecule has 0 spiro atoms. The number of nitrogens with one attached hydrogen (secondary N) is 2. The van der Waals surface area contributed by atoms with Crippen molar-refractivity contribution in [3.8, 4) is 17.2 Å². The molecule has 2 aromatic carbocycles. The fraction of sp³-hybridized carbons (Fsp3) is 0.207. The number of aromatic nitrogens is 5. The van der Waals surface area contributed by atoms with Crippen molar-refractivity contribution in [3.63, 3.8) is 0 Å². The Morgan fingerprint density at radius 2 is 1.85 bits per heavy atom. The zero-order valence-electron chi connectivity index (χ0n) is 22.4. The van der Waals surface area contributed by atoms with E-state index >= 15 is 4.39 Å². The largest absolute Gasteiger partial charge is 0.453 e. The van der Waals surface area contributed by atoms with E-state index in [9.17, 15) is 19.1 Å². The topological polar surface area (TPSA) is 135 Å². The molecule has 5 rings (SSSR count). The number of hydrogen-bond acceptors (Lipinski definition) is 8. The third kappa shape index (κ3) is 5.68. The first-order valence-electron chi connectivity index (χ1n) is 12.7. The van der Waals surface area contributed by atoms with E-state index in [-0.39, 0.29) is 23.5 Å². The minimum Gasteiger partial charge on any atom is -0.453 e. The van der Waals surface area contributed by atoms with Crippen LogP contribution >= 0.6 is 0 Å². The third-order valence-electron chi connectivity index (χ3n) is 6.71. The van der Waals surface area contributed by atoms with Crippen molar-refractivity contribution in [2.45, 2.75) is 38.8 Å². The van der Waals surface area contributed by atoms with E-state index in [0.717, 1.165) is 10.7 Å². The first-order chi connectivity index (χ1) is 19.5. The Kier molecular flexibility index (Phi) is 7.33. The predicted octanol–water partition coefficient (Wildman–Crippen LogP) is 4.57. The maximum Gasteiger partial charge on any atom is 0.282 e. The van der Waals surface area contributed by atoms with Crippen molar-refractivity contribution >= 4 is 22.6 Å². The summed E-state index contributed by atoms with van der Waals surface area (Å²) in [5.74, 6) is -1.18. The summed E-state index contributed by atoms with van der Waals surface area (Å²) < 4.78 is 35.3. The number of carbonyl (C=O) groups is 1. The molecule has 210 valence electrons. The molecule has 0 saturated heterocycles. The van der Waals surface area contributed by atoms with E-state index in [4.69, 9.17) is 4.74 Å². The first-order valence-corrected chi connectivity index (χ1v) is 12.7. The maximum atomic E-state index is 15.2. The summed E-state index contributed by atoms with van der Waals surface area (Å²) in [6.45, 7) is 5.26. The number of rotatable bonds is 9. The number of pyridine rings is 1. The minimum atomic E-state index is -0.730. The van der Waals surface area contributed by atoms with Gasteiger partial charge in [0.2, 0.25) is 0 Å². The number of aliphatic hydroxyl groups is 1. The number of Topliss-reactive ketones (excluding diaryl/α,β-unsaturated/α-hetero) is 1. The summed E-state index contributed by atoms with van der Waals surface area (Å²) in [6.07, 6.45) is 1.83. The molecule has 12 heteroatoms. The van der Waals surface area contributed by atoms with Crippen LogP contribution in [0.2, 0.25) is 0 Å². The summed E-state index contributed by atoms with van der Waals surface area (Å²) in [5.41, 5.74) is -0.509. The van der Waals surface area contributed by atoms with Crippen molar-refractivity contribution in [1.29, 1.82) is 0 Å². The average Bonchev–Trinajstić information content (AvgIpc) is 3.33. The van der Waals surface area contributed by atoms with Crippen LogP contribution in [0.4, 0.5) is 14.6 Å². The lowest BCUT2D eigenvalue weighted by Crippen LogP contribution is -2.42. The average molecular weight is 561 g/mol. The Bertz CT molecular complexity index is 1800. The lowest BCUT2D eigenvalue weighted by atomic mass is 9.99. The van der Waals surface area contributed by atoms with Crippen LogP contribution in [0.3, 0.4) is 0 Å². The molecule has 0 aliphatic heterocycles. The number of fused-ring (bicyclic) bond motifs is 1. The number of halogens is 2. The van der Waals surface area contributed by atoms with Crippen molar-refractivity contribution in [1.82, 2.24) is 25.0 Å². The number of aromatic amines is 1. The normalized spacial score (nSPS) is 12.3. The van der Waals surface area contributed by atoms with Gasteiger partial charge < -0.3 is 15.2 Å². The molecule has 1 atom stereocenters. The van der Waals surface area contributed by atoms with E-state index < -0.39 is 34.6 Å². The summed E-state index contributed by atoms with van der Waals surface area (Å²) in [6, 6.07) is 12.0. The zero-order chi connectivity index (χ0) is 29.3. The van der Waals surface area contributed by atoms with Gasteiger partial charge in [0, 0.05) is 24.9 Å². The second kappa shape index (κ2) is 10.9. The van der Waals surface area contributed by atoms with E-state index in [1.807, 2.05) is 0 Å². The summed E-state index contributed by atoms with van der Waals surface area (Å²) >= 11 is 0. The molecule has 5 aromatic rings. The highest BCUT2D eigenvalue weighted by Crippen LogP contribution is 2.35. The van der Waals surface area contributed by atoms with Crippen molar-refractivity contribution in [2.24, 2.45) is 0 Å². The molecule has 0 aliphatic rings. The standard InChI is InChI=1S/C29H26F2N6O4/c1-16(38)29(2,3)34-27-25-24(11-12-32-26(25)35-36-27)41-23-9-4-17(14-21(23)31)15-22(39)20-10-13-33-37(28(20)40)19-7-5-18(30)6-8-19/h4-14,16,38H,15H2,1-3H3,(H2,32,34,35,36). The number of benzene rings is 2. The van der Waals surface area contributed by atoms with Crippen molar-refractivity contribution in [2.75, 3.05) is 5.32 Å². The Labute approximate surface area is 232 Å². The van der Waals surface area contributed by atoms with Crippen molar-refractivity contribution < 1.29 is 23.4 Å². The van der Waals surface area contributed by atoms with Crippen LogP contribution < -0.4 is 15.6 Å². The first kappa shape index (κ1) is 27.6. The van der Waals surface area contributed by atoms with Crippen molar-refractivity contribution in [3.05, 3.63) is 100 Å². The minimum absolute atomic E-state index is 0.0989. The van der Waals surface area contributed by atoms with E-state index in [0.29, 0.717) is 28.1 Å². The van der Waals surface area contributed by atoms with Gasteiger partial charge in [0.05, 0.1) is 22.9 Å². The summed E-state index contributed by atoms with van der Waals surface area (Å²) in [5, 5.41) is 24.7. The Balaban J connectivity index is 1.37. The van der Waals surface area contributed by atoms with Gasteiger partial charge in [-0.05, 0) is 68.8 Å². The maximum absolute atomic E-state index is 15.2. The van der Waals surface area contributed by atoms with Crippen LogP contribution in [0, 0.1) is 11.6 Å². The van der Waals surface area contributed by atoms with Crippen LogP contribution in [0.1, 0.15) is 36.7 Å². The SMILES string of the molecule is CC(O)C(C)(C)Nc1n[nH]c2nccc(Oc3ccc(CC(=O)c4ccnn(-c5ccc(F)cc5)c4=O)cc3F)c12. The number of anilines is 1. The lowest BCUT2D eigenvalue weighted by molar-refractivity contribution is 0.0990. The number of carbonyl (C=O) groups excluding carboxylic acids is 1. The Morgan fingerprint density at radius 3 is 2.56 bits per heavy atom. The van der Waals surface area contributed by atoms with Gasteiger partial charge in [0.1, 0.15) is 17.0 Å². The molecular weight excluding hydrogens is 534 g/mol. The number of H-pyrrole nitrogens is 1. The lowest BCUT2D eigenvalue weighted by Gasteiger charge is -2.29. The smallest absolute Gasteiger partial charge is 0.282 e. The number of nitrogens with zero attached hydrogens (tertiary/aromatic N) is 4. The molecular formula is C29H26F2N6O4. The summed E-state index contributed by atoms with van der Waals surface area (Å²) in [7, 11) is 0. The van der Waals surface area contributed by atoms with Gasteiger partial charge in [-0.1, -0.05) is 6.07 Å². The van der Waals surface area contributed by atoms with Gasteiger partial charge in [-0.25, -0.2) is 13.8 Å². The molecule has 0 radical (unpaired) electrons. The van der Waals surface area contributed by atoms with Crippen LogP contribution in [-0.2, 0) is 6.42 Å². The predicted molar refractivity (Wildman–Crippen MR) is 148 cm³/mol. The molecule has 0 amide bonds. The number of hydrogen-bond donors (Lipinski definition) is 3. The molecule has 41 heavy (non-hydrogen) atoms. The molecule has 0 fully saturated rings. The monoisotopic (exact) mass is 560 g/mol. The second-order valence-electron chi connectivity index (χ2n) is 10.0. The molecule has 0 saturated carbocycles. The quantitative estimate of drug-likeness (QED) is 0.223. The molecule has 3 heterocycles. The van der Waals surface area contributed by atoms with Crippen LogP contribution in [-0.4, -0.2) is 47.5 Å². The van der Waals surface area contributed by atoms with Crippen LogP contribution in [0.5, 0.6) is 11.5 Å². The highest BCUT2D eigenvalue weighted by molar-refractivity contribution is 5.97. The Hall–Kier alpha value is -4.97. The molecule has 3 aromatic heterocycles. The fourth-order valence-corrected chi connectivity index (χ4v) is 4.03. The molecule has 10 nitrogen and oxygen atoms in total. The Morgan fingerprint density at radius 1 is 1.10 bits per heavy atom. The van der Waals surface area contributed by atoms with E-state index in [1.54, 1.807) is 26.8 Å². The molecule has 0 aliphatic carbocycles. The van der Waals surface area contributed by atoms with Gasteiger partial charge in [-0.3, -0.25) is 14.7 Å². The van der Waals surface area contributed by atoms with Gasteiger partial charge in [-0.15, -0.1) is 0 Å². The van der Waals surface area contributed by atoms with Gasteiger partial charge in [0.15, 0.2) is 28.8 Å². The molecule has 3 N–H and O–H groups in total. The third-order valence-corrected chi connectivity index (χ3v) is 6.71. The summed E-state index contributed by atoms with van der Waals surface area (Å²) in [4.78, 5) is 30.1. The molecule has 1 unspecified atom stereocenters. The number of ether oxygens (including phenoxy) is 1. The fourth-order valence-electron chi connectivity index (χ4n) is 4.03. The van der Waals surface area contributed by atoms with E-state index in [2.05, 4.69) is 25.6 Å². The van der Waals surface area contributed by atoms with E-state index in [1.165, 1.54) is 54.9 Å². The van der Waals surface area contributed by atoms with Gasteiger partial charge in [0.25, 0.3) is 5.56 Å². The highest BCUT2D eigenvalue weighted by Gasteiger charge is 2.27. The molecule has 0 bridgehead atoms. The van der Waals surface area contributed by atoms with Crippen LogP contribution in [0.25, 0.3) is 16.7 Å². The zero-order valence-corrected chi connectivity index (χ0v) is 22.4. The van der Waals surface area contributed by atoms with Crippen LogP contribution in [0.15, 0.2) is 71.8 Å².